The summed E-state index contributed by atoms with van der Waals surface area (Å²) in [6.45, 7) is 4.69. The zero-order chi connectivity index (χ0) is 12.1. The van der Waals surface area contributed by atoms with Crippen molar-refractivity contribution in [2.75, 3.05) is 31.1 Å². The topological polar surface area (TPSA) is 61.3 Å². The van der Waals surface area contributed by atoms with Crippen molar-refractivity contribution in [3.8, 4) is 0 Å². The van der Waals surface area contributed by atoms with Gasteiger partial charge < -0.3 is 15.3 Å². The third-order valence-corrected chi connectivity index (χ3v) is 3.13. The Labute approximate surface area is 102 Å². The Bertz CT molecular complexity index is 352. The van der Waals surface area contributed by atoms with Gasteiger partial charge in [0.1, 0.15) is 5.82 Å². The van der Waals surface area contributed by atoms with E-state index in [9.17, 15) is 0 Å². The molecule has 0 radical (unpaired) electrons. The molecule has 0 spiro atoms. The lowest BCUT2D eigenvalue weighted by Crippen LogP contribution is -2.39. The molecule has 1 aliphatic rings. The van der Waals surface area contributed by atoms with Gasteiger partial charge in [-0.3, -0.25) is 4.98 Å². The van der Waals surface area contributed by atoms with Gasteiger partial charge in [-0.15, -0.1) is 0 Å². The molecule has 2 rings (SSSR count). The predicted molar refractivity (Wildman–Crippen MR) is 67.1 cm³/mol. The standard InChI is InChI=1S/C12H20N4O/c1-10-12(15-6-5-13-10)16(7-8-17)9-11-3-2-4-14-11/h5-6,11,14,17H,2-4,7-9H2,1H3. The average molecular weight is 236 g/mol. The molecule has 1 saturated heterocycles. The summed E-state index contributed by atoms with van der Waals surface area (Å²) in [5.74, 6) is 0.884. The molecule has 1 fully saturated rings. The van der Waals surface area contributed by atoms with E-state index in [2.05, 4.69) is 20.2 Å². The first-order valence-electron chi connectivity index (χ1n) is 6.18. The first-order valence-corrected chi connectivity index (χ1v) is 6.18. The minimum Gasteiger partial charge on any atom is -0.395 e. The third kappa shape index (κ3) is 3.14. The highest BCUT2D eigenvalue weighted by Gasteiger charge is 2.19. The quantitative estimate of drug-likeness (QED) is 0.772. The highest BCUT2D eigenvalue weighted by Crippen LogP contribution is 2.16. The summed E-state index contributed by atoms with van der Waals surface area (Å²) in [7, 11) is 0. The molecule has 1 atom stereocenters. The smallest absolute Gasteiger partial charge is 0.150 e. The number of aromatic nitrogens is 2. The van der Waals surface area contributed by atoms with E-state index in [0.717, 1.165) is 24.6 Å². The van der Waals surface area contributed by atoms with E-state index in [1.165, 1.54) is 12.8 Å². The highest BCUT2D eigenvalue weighted by atomic mass is 16.3. The van der Waals surface area contributed by atoms with Gasteiger partial charge in [-0.1, -0.05) is 0 Å². The predicted octanol–water partition coefficient (Wildman–Crippen LogP) is 0.336. The Balaban J connectivity index is 2.08. The van der Waals surface area contributed by atoms with Crippen LogP contribution in [0.5, 0.6) is 0 Å². The van der Waals surface area contributed by atoms with E-state index in [1.807, 2.05) is 6.92 Å². The zero-order valence-electron chi connectivity index (χ0n) is 10.3. The maximum atomic E-state index is 9.15. The maximum Gasteiger partial charge on any atom is 0.150 e. The molecule has 5 heteroatoms. The Hall–Kier alpha value is -1.20. The first kappa shape index (κ1) is 12.3. The van der Waals surface area contributed by atoms with Gasteiger partial charge in [0, 0.05) is 31.5 Å². The van der Waals surface area contributed by atoms with Crippen LogP contribution in [0.25, 0.3) is 0 Å². The first-order chi connectivity index (χ1) is 8.31. The van der Waals surface area contributed by atoms with Crippen molar-refractivity contribution in [3.63, 3.8) is 0 Å². The molecule has 0 amide bonds. The van der Waals surface area contributed by atoms with E-state index >= 15 is 0 Å². The van der Waals surface area contributed by atoms with Crippen molar-refractivity contribution in [2.45, 2.75) is 25.8 Å². The minimum absolute atomic E-state index is 0.142. The Kier molecular flexibility index (Phi) is 4.28. The molecule has 0 bridgehead atoms. The summed E-state index contributed by atoms with van der Waals surface area (Å²) in [4.78, 5) is 10.7. The number of aryl methyl sites for hydroxylation is 1. The minimum atomic E-state index is 0.142. The normalized spacial score (nSPS) is 19.5. The van der Waals surface area contributed by atoms with Crippen LogP contribution in [-0.2, 0) is 0 Å². The van der Waals surface area contributed by atoms with Crippen molar-refractivity contribution in [1.29, 1.82) is 0 Å². The fourth-order valence-corrected chi connectivity index (χ4v) is 2.29. The molecule has 2 heterocycles. The van der Waals surface area contributed by atoms with E-state index in [-0.39, 0.29) is 6.61 Å². The molecule has 5 nitrogen and oxygen atoms in total. The molecule has 94 valence electrons. The van der Waals surface area contributed by atoms with Crippen molar-refractivity contribution in [1.82, 2.24) is 15.3 Å². The van der Waals surface area contributed by atoms with Gasteiger partial charge in [-0.25, -0.2) is 4.98 Å². The second-order valence-electron chi connectivity index (χ2n) is 4.43. The number of hydrogen-bond acceptors (Lipinski definition) is 5. The largest absolute Gasteiger partial charge is 0.395 e. The van der Waals surface area contributed by atoms with Crippen molar-refractivity contribution in [2.24, 2.45) is 0 Å². The van der Waals surface area contributed by atoms with E-state index in [1.54, 1.807) is 12.4 Å². The molecule has 1 unspecified atom stereocenters. The molecule has 0 aromatic carbocycles. The third-order valence-electron chi connectivity index (χ3n) is 3.13. The molecule has 1 aliphatic heterocycles. The van der Waals surface area contributed by atoms with Gasteiger partial charge >= 0.3 is 0 Å². The Morgan fingerprint density at radius 3 is 2.94 bits per heavy atom. The van der Waals surface area contributed by atoms with Crippen LogP contribution in [-0.4, -0.2) is 47.4 Å². The van der Waals surface area contributed by atoms with Gasteiger partial charge in [0.15, 0.2) is 0 Å². The molecule has 2 N–H and O–H groups in total. The number of nitrogens with zero attached hydrogens (tertiary/aromatic N) is 3. The van der Waals surface area contributed by atoms with Crippen LogP contribution in [0.4, 0.5) is 5.82 Å². The number of anilines is 1. The average Bonchev–Trinajstić information content (AvgIpc) is 2.82. The summed E-state index contributed by atoms with van der Waals surface area (Å²) in [6, 6.07) is 0.503. The van der Waals surface area contributed by atoms with E-state index < -0.39 is 0 Å². The fraction of sp³-hybridized carbons (Fsp3) is 0.667. The van der Waals surface area contributed by atoms with Gasteiger partial charge in [0.25, 0.3) is 0 Å². The van der Waals surface area contributed by atoms with Gasteiger partial charge in [-0.2, -0.15) is 0 Å². The lowest BCUT2D eigenvalue weighted by atomic mass is 10.2. The molecular weight excluding hydrogens is 216 g/mol. The second-order valence-corrected chi connectivity index (χ2v) is 4.43. The van der Waals surface area contributed by atoms with E-state index in [4.69, 9.17) is 5.11 Å². The molecule has 0 aliphatic carbocycles. The van der Waals surface area contributed by atoms with Crippen LogP contribution < -0.4 is 10.2 Å². The monoisotopic (exact) mass is 236 g/mol. The molecular formula is C12H20N4O. The van der Waals surface area contributed by atoms with Crippen LogP contribution in [0.15, 0.2) is 12.4 Å². The number of aliphatic hydroxyl groups excluding tert-OH is 1. The van der Waals surface area contributed by atoms with Crippen LogP contribution in [0, 0.1) is 6.92 Å². The van der Waals surface area contributed by atoms with Crippen molar-refractivity contribution in [3.05, 3.63) is 18.1 Å². The van der Waals surface area contributed by atoms with E-state index in [0.29, 0.717) is 12.6 Å². The Morgan fingerprint density at radius 1 is 1.47 bits per heavy atom. The maximum absolute atomic E-state index is 9.15. The summed E-state index contributed by atoms with van der Waals surface area (Å²) in [6.07, 6.45) is 5.83. The number of aliphatic hydroxyl groups is 1. The Morgan fingerprint density at radius 2 is 2.29 bits per heavy atom. The summed E-state index contributed by atoms with van der Waals surface area (Å²) >= 11 is 0. The summed E-state index contributed by atoms with van der Waals surface area (Å²) < 4.78 is 0. The number of rotatable bonds is 5. The molecule has 17 heavy (non-hydrogen) atoms. The van der Waals surface area contributed by atoms with Crippen molar-refractivity contribution >= 4 is 5.82 Å². The summed E-state index contributed by atoms with van der Waals surface area (Å²) in [5, 5.41) is 12.6. The lowest BCUT2D eigenvalue weighted by Gasteiger charge is -2.26. The molecule has 0 saturated carbocycles. The zero-order valence-corrected chi connectivity index (χ0v) is 10.3. The summed E-state index contributed by atoms with van der Waals surface area (Å²) in [5.41, 5.74) is 0.916. The molecule has 1 aromatic rings. The highest BCUT2D eigenvalue weighted by molar-refractivity contribution is 5.42. The van der Waals surface area contributed by atoms with Gasteiger partial charge in [-0.05, 0) is 26.3 Å². The van der Waals surface area contributed by atoms with Crippen LogP contribution >= 0.6 is 0 Å². The second kappa shape index (κ2) is 5.93. The molecule has 1 aromatic heterocycles. The van der Waals surface area contributed by atoms with Gasteiger partial charge in [0.05, 0.1) is 12.3 Å². The van der Waals surface area contributed by atoms with Crippen LogP contribution in [0.2, 0.25) is 0 Å². The number of nitrogens with one attached hydrogen (secondary N) is 1. The van der Waals surface area contributed by atoms with Crippen molar-refractivity contribution < 1.29 is 5.11 Å². The van der Waals surface area contributed by atoms with Crippen LogP contribution in [0.1, 0.15) is 18.5 Å². The SMILES string of the molecule is Cc1nccnc1N(CCO)CC1CCCN1. The van der Waals surface area contributed by atoms with Crippen LogP contribution in [0.3, 0.4) is 0 Å². The fourth-order valence-electron chi connectivity index (χ4n) is 2.29. The number of hydrogen-bond donors (Lipinski definition) is 2. The van der Waals surface area contributed by atoms with Gasteiger partial charge in [0.2, 0.25) is 0 Å². The lowest BCUT2D eigenvalue weighted by molar-refractivity contribution is 0.300.